The average molecular weight is 545 g/mol. The number of piperidine rings is 1. The zero-order valence-electron chi connectivity index (χ0n) is 20.3. The van der Waals surface area contributed by atoms with Gasteiger partial charge in [0.15, 0.2) is 5.58 Å². The second-order valence-corrected chi connectivity index (χ2v) is 9.96. The van der Waals surface area contributed by atoms with E-state index < -0.39 is 41.3 Å². The third kappa shape index (κ3) is 8.92. The van der Waals surface area contributed by atoms with Crippen molar-refractivity contribution in [2.45, 2.75) is 50.9 Å². The highest BCUT2D eigenvalue weighted by Gasteiger charge is 2.37. The van der Waals surface area contributed by atoms with Crippen LogP contribution in [0, 0.1) is 0 Å². The summed E-state index contributed by atoms with van der Waals surface area (Å²) in [5.74, 6) is -3.99. The second kappa shape index (κ2) is 13.7. The zero-order chi connectivity index (χ0) is 26.8. The molecule has 0 unspecified atom stereocenters. The van der Waals surface area contributed by atoms with E-state index in [4.69, 9.17) is 4.42 Å². The molecule has 2 aromatic rings. The van der Waals surface area contributed by atoms with Crippen molar-refractivity contribution in [1.82, 2.24) is 20.1 Å². The van der Waals surface area contributed by atoms with Gasteiger partial charge in [-0.05, 0) is 56.7 Å². The van der Waals surface area contributed by atoms with Gasteiger partial charge >= 0.3 is 11.9 Å². The number of ketones is 1. The van der Waals surface area contributed by atoms with Gasteiger partial charge in [0.1, 0.15) is 12.6 Å². The number of fused-ring (bicyclic) bond motifs is 1. The third-order valence-electron chi connectivity index (χ3n) is 6.03. The Hall–Kier alpha value is -2.80. The highest BCUT2D eigenvalue weighted by atomic mass is 32.2. The zero-order valence-corrected chi connectivity index (χ0v) is 21.2. The molecule has 0 saturated carbocycles. The van der Waals surface area contributed by atoms with Gasteiger partial charge in [0, 0.05) is 13.1 Å². The van der Waals surface area contributed by atoms with Crippen LogP contribution in [0.15, 0.2) is 33.5 Å². The Morgan fingerprint density at radius 1 is 1.11 bits per heavy atom. The fourth-order valence-corrected chi connectivity index (χ4v) is 4.96. The van der Waals surface area contributed by atoms with Gasteiger partial charge in [0.05, 0.1) is 11.3 Å². The number of para-hydroxylation sites is 2. The van der Waals surface area contributed by atoms with E-state index in [2.05, 4.69) is 15.5 Å². The highest BCUT2D eigenvalue weighted by molar-refractivity contribution is 7.99. The fraction of sp³-hybridized carbons (Fsp3) is 0.583. The number of aromatic nitrogens is 1. The van der Waals surface area contributed by atoms with Crippen LogP contribution in [-0.4, -0.2) is 77.0 Å². The molecule has 0 bridgehead atoms. The largest absolute Gasteiger partial charge is 0.450 e. The first-order valence-corrected chi connectivity index (χ1v) is 13.4. The van der Waals surface area contributed by atoms with Crippen LogP contribution in [0.4, 0.5) is 13.2 Å². The molecular formula is C24H31F3N4O5S. The number of alkyl halides is 3. The van der Waals surface area contributed by atoms with Gasteiger partial charge in [-0.15, -0.1) is 0 Å². The van der Waals surface area contributed by atoms with Crippen molar-refractivity contribution < 1.29 is 32.0 Å². The Morgan fingerprint density at radius 2 is 1.84 bits per heavy atom. The maximum Gasteiger partial charge on any atom is 0.450 e. The molecule has 1 saturated heterocycles. The topological polar surface area (TPSA) is 114 Å². The molecule has 1 aliphatic heterocycles. The molecule has 0 aliphatic carbocycles. The van der Waals surface area contributed by atoms with Gasteiger partial charge in [0.2, 0.25) is 17.6 Å². The molecule has 37 heavy (non-hydrogen) atoms. The molecule has 0 radical (unpaired) electrons. The molecule has 2 heterocycles. The predicted molar refractivity (Wildman–Crippen MR) is 133 cm³/mol. The van der Waals surface area contributed by atoms with E-state index >= 15 is 0 Å². The summed E-state index contributed by atoms with van der Waals surface area (Å²) in [7, 11) is 0. The quantitative estimate of drug-likeness (QED) is 0.372. The lowest BCUT2D eigenvalue weighted by atomic mass is 10.1. The number of nitrogens with one attached hydrogen (secondary N) is 2. The van der Waals surface area contributed by atoms with Crippen molar-refractivity contribution in [3.05, 3.63) is 34.8 Å². The number of rotatable bonds is 13. The molecule has 3 rings (SSSR count). The summed E-state index contributed by atoms with van der Waals surface area (Å²) in [4.78, 5) is 51.1. The number of benzene rings is 1. The van der Waals surface area contributed by atoms with Crippen molar-refractivity contribution in [3.63, 3.8) is 0 Å². The average Bonchev–Trinajstić information content (AvgIpc) is 3.17. The highest BCUT2D eigenvalue weighted by Crippen LogP contribution is 2.19. The number of nitrogens with zero attached hydrogens (tertiary/aromatic N) is 2. The minimum Gasteiger partial charge on any atom is -0.408 e. The van der Waals surface area contributed by atoms with Crippen molar-refractivity contribution in [3.8, 4) is 0 Å². The number of amides is 2. The van der Waals surface area contributed by atoms with E-state index in [9.17, 15) is 32.3 Å². The molecule has 1 aliphatic rings. The van der Waals surface area contributed by atoms with Crippen molar-refractivity contribution in [2.24, 2.45) is 0 Å². The number of carbonyl (C=O) groups is 3. The molecule has 1 fully saturated rings. The monoisotopic (exact) mass is 544 g/mol. The minimum absolute atomic E-state index is 0.162. The number of halogens is 3. The lowest BCUT2D eigenvalue weighted by molar-refractivity contribution is -0.167. The van der Waals surface area contributed by atoms with Gasteiger partial charge in [-0.25, -0.2) is 4.79 Å². The Bertz CT molecular complexity index is 1130. The summed E-state index contributed by atoms with van der Waals surface area (Å²) in [5.41, 5.74) is 0.772. The summed E-state index contributed by atoms with van der Waals surface area (Å²) in [6.07, 6.45) is -0.984. The predicted octanol–water partition coefficient (Wildman–Crippen LogP) is 2.33. The third-order valence-corrected chi connectivity index (χ3v) is 7.08. The lowest BCUT2D eigenvalue weighted by Gasteiger charge is -2.26. The molecule has 204 valence electrons. The molecule has 0 spiro atoms. The summed E-state index contributed by atoms with van der Waals surface area (Å²) in [6.45, 7) is 2.65. The van der Waals surface area contributed by atoms with Gasteiger partial charge in [-0.1, -0.05) is 18.6 Å². The maximum atomic E-state index is 12.9. The number of hydrogen-bond donors (Lipinski definition) is 2. The number of Topliss-reactive ketones (excluding diaryl/α,β-unsaturated/α-hetero) is 1. The molecule has 1 aromatic heterocycles. The van der Waals surface area contributed by atoms with Gasteiger partial charge in [-0.3, -0.25) is 19.0 Å². The number of likely N-dealkylation sites (tertiary alicyclic amines) is 1. The van der Waals surface area contributed by atoms with Crippen molar-refractivity contribution in [1.29, 1.82) is 0 Å². The summed E-state index contributed by atoms with van der Waals surface area (Å²) >= 11 is 0.826. The first-order chi connectivity index (χ1) is 17.6. The Kier molecular flexibility index (Phi) is 10.6. The van der Waals surface area contributed by atoms with E-state index in [0.717, 1.165) is 42.3 Å². The summed E-state index contributed by atoms with van der Waals surface area (Å²) < 4.78 is 43.4. The number of hydrogen-bond acceptors (Lipinski definition) is 7. The SMILES string of the molecule is O=C(Cn1c(=O)oc2ccccc21)N[C@@H](CCCSCC(=O)C(F)(F)F)C(=O)NCCN1CCCCC1. The van der Waals surface area contributed by atoms with E-state index in [1.54, 1.807) is 24.3 Å². The Morgan fingerprint density at radius 3 is 2.57 bits per heavy atom. The lowest BCUT2D eigenvalue weighted by Crippen LogP contribution is -2.49. The van der Waals surface area contributed by atoms with Gasteiger partial charge in [-0.2, -0.15) is 24.9 Å². The van der Waals surface area contributed by atoms with Crippen LogP contribution in [0.5, 0.6) is 0 Å². The van der Waals surface area contributed by atoms with Crippen molar-refractivity contribution in [2.75, 3.05) is 37.7 Å². The first-order valence-electron chi connectivity index (χ1n) is 12.2. The van der Waals surface area contributed by atoms with E-state index in [1.807, 2.05) is 0 Å². The van der Waals surface area contributed by atoms with Crippen molar-refractivity contribution >= 4 is 40.5 Å². The summed E-state index contributed by atoms with van der Waals surface area (Å²) in [5, 5.41) is 5.46. The van der Waals surface area contributed by atoms with E-state index in [1.165, 1.54) is 6.42 Å². The number of carbonyl (C=O) groups excluding carboxylic acids is 3. The van der Waals surface area contributed by atoms with E-state index in [0.29, 0.717) is 30.6 Å². The van der Waals surface area contributed by atoms with Crippen LogP contribution in [0.3, 0.4) is 0 Å². The first kappa shape index (κ1) is 28.8. The Labute approximate surface area is 216 Å². The van der Waals surface area contributed by atoms with Crippen LogP contribution in [0.25, 0.3) is 11.1 Å². The fourth-order valence-electron chi connectivity index (χ4n) is 4.10. The van der Waals surface area contributed by atoms with Crippen LogP contribution >= 0.6 is 11.8 Å². The van der Waals surface area contributed by atoms with E-state index in [-0.39, 0.29) is 18.7 Å². The molecule has 1 aromatic carbocycles. The normalized spacial score (nSPS) is 15.4. The van der Waals surface area contributed by atoms with Gasteiger partial charge < -0.3 is 20.0 Å². The molecular weight excluding hydrogens is 513 g/mol. The molecule has 2 amide bonds. The molecule has 13 heteroatoms. The maximum absolute atomic E-state index is 12.9. The van der Waals surface area contributed by atoms with Crippen LogP contribution in [-0.2, 0) is 20.9 Å². The molecule has 1 atom stereocenters. The van der Waals surface area contributed by atoms with Gasteiger partial charge in [0.25, 0.3) is 0 Å². The minimum atomic E-state index is -4.87. The molecule has 2 N–H and O–H groups in total. The number of oxazole rings is 1. The summed E-state index contributed by atoms with van der Waals surface area (Å²) in [6, 6.07) is 5.69. The van der Waals surface area contributed by atoms with Crippen LogP contribution < -0.4 is 16.4 Å². The second-order valence-electron chi connectivity index (χ2n) is 8.85. The Balaban J connectivity index is 1.55. The standard InChI is InChI=1S/C24H31F3N4O5S/c25-24(26,27)20(32)16-37-14-6-7-17(22(34)28-10-13-30-11-4-1-5-12-30)29-21(33)15-31-18-8-2-3-9-19(18)36-23(31)35/h2-3,8-9,17H,1,4-7,10-16H2,(H,28,34)(H,29,33)/t17-/m0/s1. The molecule has 9 nitrogen and oxygen atoms in total. The van der Waals surface area contributed by atoms with Crippen LogP contribution in [0.1, 0.15) is 32.1 Å². The smallest absolute Gasteiger partial charge is 0.408 e. The number of thioether (sulfide) groups is 1. The van der Waals surface area contributed by atoms with Crippen LogP contribution in [0.2, 0.25) is 0 Å².